The third-order valence-electron chi connectivity index (χ3n) is 3.37. The number of nitrogens with one attached hydrogen (secondary N) is 2. The number of guanidine groups is 1. The van der Waals surface area contributed by atoms with Crippen molar-refractivity contribution in [1.82, 2.24) is 15.6 Å². The number of methoxy groups -OCH3 is 1. The minimum Gasteiger partial charge on any atom is -0.508 e. The van der Waals surface area contributed by atoms with E-state index in [9.17, 15) is 5.11 Å². The van der Waals surface area contributed by atoms with Crippen LogP contribution in [0.1, 0.15) is 22.4 Å². The first-order valence-electron chi connectivity index (χ1n) is 7.91. The molecule has 0 aliphatic heterocycles. The van der Waals surface area contributed by atoms with Crippen molar-refractivity contribution in [3.63, 3.8) is 0 Å². The van der Waals surface area contributed by atoms with Gasteiger partial charge >= 0.3 is 0 Å². The highest BCUT2D eigenvalue weighted by Crippen LogP contribution is 2.23. The van der Waals surface area contributed by atoms with E-state index < -0.39 is 0 Å². The standard InChI is InChI=1S/C17H24N4O2S/c1-4-18-17(21-11-16-20-10-12(2)24-16)19-8-7-13-5-6-14(23-3)9-15(13)22/h5-6,9-10,22H,4,7-8,11H2,1-3H3,(H2,18,19,21). The Morgan fingerprint density at radius 3 is 2.83 bits per heavy atom. The molecule has 24 heavy (non-hydrogen) atoms. The molecular formula is C17H24N4O2S. The molecule has 0 fully saturated rings. The molecule has 0 atom stereocenters. The highest BCUT2D eigenvalue weighted by atomic mass is 32.1. The molecule has 0 radical (unpaired) electrons. The Kier molecular flexibility index (Phi) is 6.87. The van der Waals surface area contributed by atoms with Crippen LogP contribution >= 0.6 is 11.3 Å². The first kappa shape index (κ1) is 18.1. The maximum atomic E-state index is 9.98. The number of aryl methyl sites for hydroxylation is 1. The zero-order valence-electron chi connectivity index (χ0n) is 14.3. The van der Waals surface area contributed by atoms with E-state index in [1.165, 1.54) is 4.88 Å². The molecule has 1 aromatic carbocycles. The van der Waals surface area contributed by atoms with Crippen LogP contribution in [0.3, 0.4) is 0 Å². The van der Waals surface area contributed by atoms with Crippen LogP contribution < -0.4 is 15.4 Å². The van der Waals surface area contributed by atoms with E-state index >= 15 is 0 Å². The number of phenols is 1. The molecule has 2 aromatic rings. The second kappa shape index (κ2) is 9.12. The predicted octanol–water partition coefficient (Wildman–Crippen LogP) is 2.46. The summed E-state index contributed by atoms with van der Waals surface area (Å²) >= 11 is 1.66. The van der Waals surface area contributed by atoms with Crippen molar-refractivity contribution in [3.05, 3.63) is 39.8 Å². The van der Waals surface area contributed by atoms with E-state index in [0.717, 1.165) is 23.1 Å². The first-order valence-corrected chi connectivity index (χ1v) is 8.73. The van der Waals surface area contributed by atoms with Gasteiger partial charge in [0.25, 0.3) is 0 Å². The van der Waals surface area contributed by atoms with Crippen LogP contribution in [0.15, 0.2) is 29.4 Å². The molecule has 7 heteroatoms. The smallest absolute Gasteiger partial charge is 0.191 e. The van der Waals surface area contributed by atoms with Crippen molar-refractivity contribution in [2.75, 3.05) is 20.2 Å². The number of aliphatic imine (C=N–C) groups is 1. The van der Waals surface area contributed by atoms with Crippen LogP contribution in [-0.2, 0) is 13.0 Å². The molecule has 0 saturated carbocycles. The van der Waals surface area contributed by atoms with Gasteiger partial charge in [0.15, 0.2) is 5.96 Å². The fourth-order valence-electron chi connectivity index (χ4n) is 2.16. The summed E-state index contributed by atoms with van der Waals surface area (Å²) in [4.78, 5) is 10.0. The van der Waals surface area contributed by atoms with Gasteiger partial charge in [0.05, 0.1) is 13.7 Å². The largest absolute Gasteiger partial charge is 0.508 e. The number of rotatable bonds is 7. The lowest BCUT2D eigenvalue weighted by molar-refractivity contribution is 0.406. The number of ether oxygens (including phenoxy) is 1. The number of aromatic hydroxyl groups is 1. The van der Waals surface area contributed by atoms with Crippen molar-refractivity contribution in [1.29, 1.82) is 0 Å². The number of phenolic OH excluding ortho intramolecular Hbond substituents is 1. The molecule has 1 heterocycles. The van der Waals surface area contributed by atoms with Gasteiger partial charge in [-0.15, -0.1) is 11.3 Å². The summed E-state index contributed by atoms with van der Waals surface area (Å²) in [6, 6.07) is 5.34. The average molecular weight is 348 g/mol. The van der Waals surface area contributed by atoms with E-state index in [4.69, 9.17) is 4.74 Å². The van der Waals surface area contributed by atoms with Crippen LogP contribution in [0.5, 0.6) is 11.5 Å². The van der Waals surface area contributed by atoms with E-state index in [-0.39, 0.29) is 5.75 Å². The van der Waals surface area contributed by atoms with E-state index in [0.29, 0.717) is 25.3 Å². The minimum absolute atomic E-state index is 0.247. The Morgan fingerprint density at radius 1 is 1.38 bits per heavy atom. The Morgan fingerprint density at radius 2 is 2.21 bits per heavy atom. The number of benzene rings is 1. The van der Waals surface area contributed by atoms with Gasteiger partial charge < -0.3 is 20.5 Å². The van der Waals surface area contributed by atoms with Crippen LogP contribution in [0.25, 0.3) is 0 Å². The summed E-state index contributed by atoms with van der Waals surface area (Å²) in [5.41, 5.74) is 0.870. The molecule has 0 aliphatic carbocycles. The van der Waals surface area contributed by atoms with Crippen LogP contribution in [-0.4, -0.2) is 36.2 Å². The van der Waals surface area contributed by atoms with E-state index in [1.54, 1.807) is 24.5 Å². The topological polar surface area (TPSA) is 78.8 Å². The van der Waals surface area contributed by atoms with E-state index in [2.05, 4.69) is 20.6 Å². The summed E-state index contributed by atoms with van der Waals surface area (Å²) in [6.07, 6.45) is 2.55. The van der Waals surface area contributed by atoms with Gasteiger partial charge in [-0.1, -0.05) is 6.07 Å². The summed E-state index contributed by atoms with van der Waals surface area (Å²) in [7, 11) is 1.58. The molecule has 2 rings (SSSR count). The molecule has 0 unspecified atom stereocenters. The van der Waals surface area contributed by atoms with Gasteiger partial charge in [0.2, 0.25) is 0 Å². The zero-order chi connectivity index (χ0) is 17.4. The van der Waals surface area contributed by atoms with Crippen LogP contribution in [0, 0.1) is 6.92 Å². The van der Waals surface area contributed by atoms with Gasteiger partial charge in [-0.05, 0) is 31.9 Å². The third-order valence-corrected chi connectivity index (χ3v) is 4.26. The second-order valence-electron chi connectivity index (χ2n) is 5.23. The van der Waals surface area contributed by atoms with Crippen molar-refractivity contribution in [2.45, 2.75) is 26.8 Å². The van der Waals surface area contributed by atoms with Gasteiger partial charge in [-0.25, -0.2) is 9.98 Å². The number of thiazole rings is 1. The molecule has 1 aromatic heterocycles. The summed E-state index contributed by atoms with van der Waals surface area (Å²) in [6.45, 7) is 6.08. The number of nitrogens with zero attached hydrogens (tertiary/aromatic N) is 2. The quantitative estimate of drug-likeness (QED) is 0.529. The molecule has 0 bridgehead atoms. The normalized spacial score (nSPS) is 11.4. The van der Waals surface area contributed by atoms with Gasteiger partial charge in [-0.2, -0.15) is 0 Å². The number of hydrogen-bond donors (Lipinski definition) is 3. The third kappa shape index (κ3) is 5.42. The zero-order valence-corrected chi connectivity index (χ0v) is 15.1. The van der Waals surface area contributed by atoms with Crippen molar-refractivity contribution in [2.24, 2.45) is 4.99 Å². The Balaban J connectivity index is 1.89. The van der Waals surface area contributed by atoms with Gasteiger partial charge in [-0.3, -0.25) is 0 Å². The molecule has 0 aliphatic rings. The molecule has 6 nitrogen and oxygen atoms in total. The summed E-state index contributed by atoms with van der Waals surface area (Å²) < 4.78 is 5.09. The number of hydrogen-bond acceptors (Lipinski definition) is 5. The second-order valence-corrected chi connectivity index (χ2v) is 6.55. The highest BCUT2D eigenvalue weighted by Gasteiger charge is 2.04. The van der Waals surface area contributed by atoms with Crippen molar-refractivity contribution >= 4 is 17.3 Å². The SMILES string of the molecule is CCNC(=NCc1ncc(C)s1)NCCc1ccc(OC)cc1O. The van der Waals surface area contributed by atoms with E-state index in [1.807, 2.05) is 32.2 Å². The Labute approximate surface area is 146 Å². The fourth-order valence-corrected chi connectivity index (χ4v) is 2.87. The molecule has 130 valence electrons. The Bertz CT molecular complexity index is 685. The lowest BCUT2D eigenvalue weighted by Crippen LogP contribution is -2.38. The maximum Gasteiger partial charge on any atom is 0.191 e. The maximum absolute atomic E-state index is 9.98. The number of aromatic nitrogens is 1. The molecule has 3 N–H and O–H groups in total. The first-order chi connectivity index (χ1) is 11.6. The summed E-state index contributed by atoms with van der Waals surface area (Å²) in [5, 5.41) is 17.5. The average Bonchev–Trinajstić information content (AvgIpc) is 2.99. The van der Waals surface area contributed by atoms with Crippen LogP contribution in [0.2, 0.25) is 0 Å². The minimum atomic E-state index is 0.247. The molecule has 0 amide bonds. The fraction of sp³-hybridized carbons (Fsp3) is 0.412. The van der Waals surface area contributed by atoms with Crippen LogP contribution in [0.4, 0.5) is 0 Å². The monoisotopic (exact) mass is 348 g/mol. The lowest BCUT2D eigenvalue weighted by Gasteiger charge is -2.12. The Hall–Kier alpha value is -2.28. The predicted molar refractivity (Wildman–Crippen MR) is 98.0 cm³/mol. The molecule has 0 saturated heterocycles. The van der Waals surface area contributed by atoms with Gasteiger partial charge in [0, 0.05) is 30.2 Å². The van der Waals surface area contributed by atoms with Crippen molar-refractivity contribution < 1.29 is 9.84 Å². The molecular weight excluding hydrogens is 324 g/mol. The molecule has 0 spiro atoms. The lowest BCUT2D eigenvalue weighted by atomic mass is 10.1. The van der Waals surface area contributed by atoms with Crippen molar-refractivity contribution in [3.8, 4) is 11.5 Å². The highest BCUT2D eigenvalue weighted by molar-refractivity contribution is 7.11. The summed E-state index contributed by atoms with van der Waals surface area (Å²) in [5.74, 6) is 1.65. The van der Waals surface area contributed by atoms with Gasteiger partial charge in [0.1, 0.15) is 16.5 Å².